The molecule has 1 N–H and O–H groups in total. The highest BCUT2D eigenvalue weighted by molar-refractivity contribution is 9.10. The van der Waals surface area contributed by atoms with E-state index in [2.05, 4.69) is 33.4 Å². The summed E-state index contributed by atoms with van der Waals surface area (Å²) in [5.41, 5.74) is 0.687. The van der Waals surface area contributed by atoms with Gasteiger partial charge in [-0.3, -0.25) is 4.79 Å². The first-order valence-corrected chi connectivity index (χ1v) is 9.40. The Bertz CT molecular complexity index is 657. The molecule has 0 fully saturated rings. The van der Waals surface area contributed by atoms with E-state index in [-0.39, 0.29) is 11.9 Å². The third kappa shape index (κ3) is 5.40. The van der Waals surface area contributed by atoms with E-state index in [0.717, 1.165) is 20.7 Å². The van der Waals surface area contributed by atoms with Crippen molar-refractivity contribution in [2.24, 2.45) is 5.41 Å². The highest BCUT2D eigenvalue weighted by atomic mass is 79.9. The van der Waals surface area contributed by atoms with Crippen molar-refractivity contribution in [3.8, 4) is 0 Å². The highest BCUT2D eigenvalue weighted by Gasteiger charge is 2.29. The van der Waals surface area contributed by atoms with Gasteiger partial charge in [0.05, 0.1) is 11.5 Å². The lowest BCUT2D eigenvalue weighted by Gasteiger charge is -2.26. The zero-order chi connectivity index (χ0) is 16.9. The van der Waals surface area contributed by atoms with Crippen molar-refractivity contribution in [1.29, 1.82) is 0 Å². The summed E-state index contributed by atoms with van der Waals surface area (Å²) in [4.78, 5) is 13.8. The maximum atomic E-state index is 12.6. The summed E-state index contributed by atoms with van der Waals surface area (Å²) in [6.07, 6.45) is 0. The van der Waals surface area contributed by atoms with E-state index < -0.39 is 5.41 Å². The molecule has 122 valence electrons. The normalized spacial score (nSPS) is 12.7. The van der Waals surface area contributed by atoms with E-state index in [4.69, 9.17) is 0 Å². The number of amides is 1. The molecule has 0 heterocycles. The van der Waals surface area contributed by atoms with Crippen LogP contribution in [0.4, 0.5) is 0 Å². The van der Waals surface area contributed by atoms with Crippen LogP contribution in [0.25, 0.3) is 0 Å². The van der Waals surface area contributed by atoms with Gasteiger partial charge in [0.25, 0.3) is 0 Å². The number of halogens is 1. The van der Waals surface area contributed by atoms with Gasteiger partial charge in [-0.2, -0.15) is 0 Å². The Morgan fingerprint density at radius 1 is 1.17 bits per heavy atom. The Labute approximate surface area is 151 Å². The van der Waals surface area contributed by atoms with Crippen LogP contribution in [0, 0.1) is 5.41 Å². The lowest BCUT2D eigenvalue weighted by Crippen LogP contribution is -2.39. The predicted molar refractivity (Wildman–Crippen MR) is 102 cm³/mol. The highest BCUT2D eigenvalue weighted by Crippen LogP contribution is 2.30. The molecule has 0 bridgehead atoms. The molecule has 0 saturated heterocycles. The fourth-order valence-corrected chi connectivity index (χ4v) is 3.70. The predicted octanol–water partition coefficient (Wildman–Crippen LogP) is 5.44. The molecule has 0 aromatic heterocycles. The van der Waals surface area contributed by atoms with E-state index in [1.165, 1.54) is 0 Å². The number of nitrogens with one attached hydrogen (secondary N) is 1. The van der Waals surface area contributed by atoms with Crippen LogP contribution in [0.5, 0.6) is 0 Å². The molecule has 0 aliphatic heterocycles. The van der Waals surface area contributed by atoms with Gasteiger partial charge in [0.1, 0.15) is 0 Å². The first kappa shape index (κ1) is 18.1. The topological polar surface area (TPSA) is 29.1 Å². The average Bonchev–Trinajstić information content (AvgIpc) is 2.54. The molecule has 0 radical (unpaired) electrons. The van der Waals surface area contributed by atoms with E-state index >= 15 is 0 Å². The summed E-state index contributed by atoms with van der Waals surface area (Å²) in [6.45, 7) is 6.00. The fraction of sp³-hybridized carbons (Fsp3) is 0.316. The zero-order valence-corrected chi connectivity index (χ0v) is 16.1. The van der Waals surface area contributed by atoms with Crippen LogP contribution in [-0.2, 0) is 4.79 Å². The Morgan fingerprint density at radius 3 is 2.52 bits per heavy atom. The Morgan fingerprint density at radius 2 is 1.87 bits per heavy atom. The fourth-order valence-electron chi connectivity index (χ4n) is 2.10. The van der Waals surface area contributed by atoms with Gasteiger partial charge >= 0.3 is 0 Å². The molecule has 0 unspecified atom stereocenters. The van der Waals surface area contributed by atoms with E-state index in [1.54, 1.807) is 11.8 Å². The van der Waals surface area contributed by atoms with Crippen molar-refractivity contribution in [3.05, 3.63) is 64.6 Å². The lowest BCUT2D eigenvalue weighted by atomic mass is 9.94. The quantitative estimate of drug-likeness (QED) is 0.663. The van der Waals surface area contributed by atoms with Crippen LogP contribution in [0.2, 0.25) is 0 Å². The van der Waals surface area contributed by atoms with Gasteiger partial charge in [0.15, 0.2) is 0 Å². The van der Waals surface area contributed by atoms with E-state index in [1.807, 2.05) is 63.2 Å². The van der Waals surface area contributed by atoms with Crippen LogP contribution < -0.4 is 5.32 Å². The summed E-state index contributed by atoms with van der Waals surface area (Å²) < 4.78 is 1.06. The van der Waals surface area contributed by atoms with Crippen molar-refractivity contribution in [1.82, 2.24) is 5.32 Å². The average molecular weight is 392 g/mol. The molecule has 2 aromatic carbocycles. The number of carbonyl (C=O) groups is 1. The largest absolute Gasteiger partial charge is 0.349 e. The van der Waals surface area contributed by atoms with Crippen molar-refractivity contribution in [2.45, 2.75) is 31.7 Å². The molecule has 1 amide bonds. The number of hydrogen-bond acceptors (Lipinski definition) is 2. The number of hydrogen-bond donors (Lipinski definition) is 1. The Kier molecular flexibility index (Phi) is 6.31. The summed E-state index contributed by atoms with van der Waals surface area (Å²) >= 11 is 5.18. The standard InChI is InChI=1S/C19H22BrNOS/c1-14(15-8-5-4-6-9-15)21-18(22)19(2,3)13-23-17-11-7-10-16(20)12-17/h4-12,14H,13H2,1-3H3,(H,21,22)/t14-/m1/s1. The van der Waals surface area contributed by atoms with Gasteiger partial charge in [-0.05, 0) is 30.7 Å². The second kappa shape index (κ2) is 8.02. The Balaban J connectivity index is 1.94. The van der Waals surface area contributed by atoms with Crippen LogP contribution in [0.15, 0.2) is 64.0 Å². The summed E-state index contributed by atoms with van der Waals surface area (Å²) in [5, 5.41) is 3.12. The summed E-state index contributed by atoms with van der Waals surface area (Å²) in [5.74, 6) is 0.813. The lowest BCUT2D eigenvalue weighted by molar-refractivity contribution is -0.128. The van der Waals surface area contributed by atoms with Crippen molar-refractivity contribution in [2.75, 3.05) is 5.75 Å². The molecule has 1 atom stereocenters. The number of rotatable bonds is 6. The monoisotopic (exact) mass is 391 g/mol. The maximum absolute atomic E-state index is 12.6. The molecule has 0 saturated carbocycles. The van der Waals surface area contributed by atoms with Crippen LogP contribution in [0.1, 0.15) is 32.4 Å². The minimum absolute atomic E-state index is 0.0128. The molecule has 0 aliphatic rings. The first-order chi connectivity index (χ1) is 10.9. The molecule has 0 aliphatic carbocycles. The van der Waals surface area contributed by atoms with Crippen LogP contribution in [-0.4, -0.2) is 11.7 Å². The van der Waals surface area contributed by atoms with Gasteiger partial charge in [0.2, 0.25) is 5.91 Å². The molecule has 0 spiro atoms. The molecule has 2 nitrogen and oxygen atoms in total. The number of thioether (sulfide) groups is 1. The van der Waals surface area contributed by atoms with Gasteiger partial charge in [-0.1, -0.05) is 66.2 Å². The van der Waals surface area contributed by atoms with Crippen molar-refractivity contribution >= 4 is 33.6 Å². The van der Waals surface area contributed by atoms with Gasteiger partial charge in [-0.15, -0.1) is 11.8 Å². The third-order valence-corrected chi connectivity index (χ3v) is 5.60. The minimum Gasteiger partial charge on any atom is -0.349 e. The van der Waals surface area contributed by atoms with Crippen molar-refractivity contribution < 1.29 is 4.79 Å². The van der Waals surface area contributed by atoms with Gasteiger partial charge in [-0.25, -0.2) is 0 Å². The first-order valence-electron chi connectivity index (χ1n) is 7.63. The molecule has 23 heavy (non-hydrogen) atoms. The van der Waals surface area contributed by atoms with Gasteiger partial charge < -0.3 is 5.32 Å². The van der Waals surface area contributed by atoms with Gasteiger partial charge in [0, 0.05) is 15.1 Å². The van der Waals surface area contributed by atoms with Crippen LogP contribution in [0.3, 0.4) is 0 Å². The third-order valence-electron chi connectivity index (χ3n) is 3.66. The van der Waals surface area contributed by atoms with Crippen molar-refractivity contribution in [3.63, 3.8) is 0 Å². The zero-order valence-electron chi connectivity index (χ0n) is 13.7. The summed E-state index contributed by atoms with van der Waals surface area (Å²) in [7, 11) is 0. The van der Waals surface area contributed by atoms with E-state index in [9.17, 15) is 4.79 Å². The summed E-state index contributed by atoms with van der Waals surface area (Å²) in [6, 6.07) is 18.2. The molecular formula is C19H22BrNOS. The van der Waals surface area contributed by atoms with E-state index in [0.29, 0.717) is 0 Å². The molecule has 2 rings (SSSR count). The number of carbonyl (C=O) groups excluding carboxylic acids is 1. The smallest absolute Gasteiger partial charge is 0.226 e. The second-order valence-electron chi connectivity index (χ2n) is 6.24. The number of benzene rings is 2. The molecular weight excluding hydrogens is 370 g/mol. The Hall–Kier alpha value is -1.26. The maximum Gasteiger partial charge on any atom is 0.226 e. The second-order valence-corrected chi connectivity index (χ2v) is 8.20. The molecule has 4 heteroatoms. The van der Waals surface area contributed by atoms with Crippen LogP contribution >= 0.6 is 27.7 Å². The SMILES string of the molecule is C[C@@H](NC(=O)C(C)(C)CSc1cccc(Br)c1)c1ccccc1. The molecule has 2 aromatic rings. The minimum atomic E-state index is -0.434.